The van der Waals surface area contributed by atoms with Gasteiger partial charge in [0.25, 0.3) is 5.91 Å². The fraction of sp³-hybridized carbons (Fsp3) is 0.900. The van der Waals surface area contributed by atoms with Crippen molar-refractivity contribution in [1.82, 2.24) is 4.90 Å². The predicted molar refractivity (Wildman–Crippen MR) is 51.9 cm³/mol. The molecule has 0 aromatic carbocycles. The highest BCUT2D eigenvalue weighted by Gasteiger charge is 2.10. The van der Waals surface area contributed by atoms with Crippen molar-refractivity contribution < 1.29 is 9.90 Å². The lowest BCUT2D eigenvalue weighted by Gasteiger charge is -2.20. The summed E-state index contributed by atoms with van der Waals surface area (Å²) in [5, 5.41) is 10.4. The molecule has 0 bridgehead atoms. The Kier molecular flexibility index (Phi) is 7.69. The second kappa shape index (κ2) is 8.05. The van der Waals surface area contributed by atoms with E-state index in [9.17, 15) is 9.90 Å². The van der Waals surface area contributed by atoms with Gasteiger partial charge in [0.1, 0.15) is 0 Å². The quantitative estimate of drug-likeness (QED) is 0.598. The van der Waals surface area contributed by atoms with Crippen molar-refractivity contribution in [2.24, 2.45) is 0 Å². The van der Waals surface area contributed by atoms with Crippen molar-refractivity contribution in [3.8, 4) is 0 Å². The van der Waals surface area contributed by atoms with Crippen LogP contribution in [0, 0.1) is 0 Å². The molecule has 0 spiro atoms. The van der Waals surface area contributed by atoms with E-state index in [1.165, 1.54) is 0 Å². The largest absolute Gasteiger partial charge is 0.341 e. The first-order chi connectivity index (χ1) is 6.26. The van der Waals surface area contributed by atoms with Gasteiger partial charge >= 0.3 is 0 Å². The molecule has 0 aromatic rings. The van der Waals surface area contributed by atoms with Crippen molar-refractivity contribution in [3.63, 3.8) is 0 Å². The summed E-state index contributed by atoms with van der Waals surface area (Å²) in [7, 11) is 0. The smallest absolute Gasteiger partial charge is 0.251 e. The second-order valence-corrected chi connectivity index (χ2v) is 3.23. The van der Waals surface area contributed by atoms with Crippen LogP contribution >= 0.6 is 0 Å². The molecule has 0 aliphatic rings. The van der Waals surface area contributed by atoms with Gasteiger partial charge in [-0.1, -0.05) is 26.7 Å². The van der Waals surface area contributed by atoms with Gasteiger partial charge in [-0.3, -0.25) is 4.79 Å². The minimum Gasteiger partial charge on any atom is -0.341 e. The first-order valence-corrected chi connectivity index (χ1v) is 5.12. The summed E-state index contributed by atoms with van der Waals surface area (Å²) < 4.78 is 0. The maximum absolute atomic E-state index is 11.1. The summed E-state index contributed by atoms with van der Waals surface area (Å²) >= 11 is 0. The molecule has 13 heavy (non-hydrogen) atoms. The number of amides is 1. The van der Waals surface area contributed by atoms with Crippen LogP contribution in [0.25, 0.3) is 0 Å². The highest BCUT2D eigenvalue weighted by molar-refractivity contribution is 5.77. The van der Waals surface area contributed by atoms with Gasteiger partial charge in [-0.15, -0.1) is 0 Å². The van der Waals surface area contributed by atoms with Crippen molar-refractivity contribution in [2.45, 2.75) is 39.5 Å². The normalized spacial score (nSPS) is 10.1. The number of nitrogens with zero attached hydrogens (tertiary/aromatic N) is 1. The molecule has 77 valence electrons. The first kappa shape index (κ1) is 12.4. The van der Waals surface area contributed by atoms with Gasteiger partial charge in [0.05, 0.1) is 0 Å². The SMILES string of the molecule is CCCCN(CCCC)C(=O)C[O]. The fourth-order valence-electron chi connectivity index (χ4n) is 1.15. The zero-order valence-electron chi connectivity index (χ0n) is 8.71. The van der Waals surface area contributed by atoms with Crippen LogP contribution in [0.2, 0.25) is 0 Å². The Hall–Kier alpha value is -0.570. The molecule has 0 fully saturated rings. The minimum absolute atomic E-state index is 0.248. The molecule has 0 saturated carbocycles. The maximum atomic E-state index is 11.1. The van der Waals surface area contributed by atoms with E-state index < -0.39 is 6.61 Å². The van der Waals surface area contributed by atoms with E-state index in [1.807, 2.05) is 0 Å². The first-order valence-electron chi connectivity index (χ1n) is 5.12. The van der Waals surface area contributed by atoms with Gasteiger partial charge in [-0.05, 0) is 12.8 Å². The van der Waals surface area contributed by atoms with Crippen LogP contribution in [0.1, 0.15) is 39.5 Å². The molecule has 0 aliphatic carbocycles. The molecule has 0 N–H and O–H groups in total. The third-order valence-electron chi connectivity index (χ3n) is 2.04. The Labute approximate surface area is 80.7 Å². The predicted octanol–water partition coefficient (Wildman–Crippen LogP) is 1.85. The number of unbranched alkanes of at least 4 members (excludes halogenated alkanes) is 2. The number of rotatable bonds is 7. The molecule has 1 radical (unpaired) electrons. The van der Waals surface area contributed by atoms with Gasteiger partial charge in [-0.25, -0.2) is 5.11 Å². The summed E-state index contributed by atoms with van der Waals surface area (Å²) in [6, 6.07) is 0. The standard InChI is InChI=1S/C10H20NO2/c1-3-5-7-11(8-6-4-2)10(13)9-12/h3-9H2,1-2H3. The van der Waals surface area contributed by atoms with E-state index in [0.29, 0.717) is 0 Å². The Balaban J connectivity index is 3.79. The zero-order valence-corrected chi connectivity index (χ0v) is 8.71. The summed E-state index contributed by atoms with van der Waals surface area (Å²) in [6.45, 7) is 5.06. The molecule has 3 heteroatoms. The topological polar surface area (TPSA) is 40.2 Å². The van der Waals surface area contributed by atoms with Crippen LogP contribution in [0.15, 0.2) is 0 Å². The number of hydrogen-bond donors (Lipinski definition) is 0. The monoisotopic (exact) mass is 186 g/mol. The average Bonchev–Trinajstić information content (AvgIpc) is 2.17. The molecular formula is C10H20NO2. The lowest BCUT2D eigenvalue weighted by Crippen LogP contribution is -2.34. The molecule has 0 saturated heterocycles. The van der Waals surface area contributed by atoms with Crippen molar-refractivity contribution in [3.05, 3.63) is 0 Å². The van der Waals surface area contributed by atoms with Gasteiger partial charge in [-0.2, -0.15) is 0 Å². The van der Waals surface area contributed by atoms with Gasteiger partial charge < -0.3 is 4.90 Å². The number of hydrogen-bond acceptors (Lipinski definition) is 1. The van der Waals surface area contributed by atoms with Crippen LogP contribution in [0.5, 0.6) is 0 Å². The van der Waals surface area contributed by atoms with Crippen LogP contribution in [0.4, 0.5) is 0 Å². The Bertz CT molecular complexity index is 129. The van der Waals surface area contributed by atoms with Gasteiger partial charge in [0.2, 0.25) is 0 Å². The Morgan fingerprint density at radius 2 is 1.54 bits per heavy atom. The fourth-order valence-corrected chi connectivity index (χ4v) is 1.15. The van der Waals surface area contributed by atoms with Gasteiger partial charge in [0.15, 0.2) is 6.61 Å². The highest BCUT2D eigenvalue weighted by atomic mass is 16.3. The molecule has 0 heterocycles. The van der Waals surface area contributed by atoms with Crippen molar-refractivity contribution in [1.29, 1.82) is 0 Å². The van der Waals surface area contributed by atoms with Crippen molar-refractivity contribution in [2.75, 3.05) is 19.7 Å². The highest BCUT2D eigenvalue weighted by Crippen LogP contribution is 1.99. The van der Waals surface area contributed by atoms with E-state index in [0.717, 1.165) is 38.8 Å². The third-order valence-corrected chi connectivity index (χ3v) is 2.04. The molecule has 0 atom stereocenters. The summed E-state index contributed by atoms with van der Waals surface area (Å²) in [4.78, 5) is 12.8. The van der Waals surface area contributed by atoms with E-state index in [4.69, 9.17) is 0 Å². The molecule has 0 aliphatic heterocycles. The van der Waals surface area contributed by atoms with E-state index in [2.05, 4.69) is 13.8 Å². The Morgan fingerprint density at radius 3 is 1.85 bits per heavy atom. The molecule has 0 unspecified atom stereocenters. The molecular weight excluding hydrogens is 166 g/mol. The summed E-state index contributed by atoms with van der Waals surface area (Å²) in [5.41, 5.74) is 0. The Morgan fingerprint density at radius 1 is 1.08 bits per heavy atom. The molecule has 1 amide bonds. The molecule has 0 aromatic heterocycles. The van der Waals surface area contributed by atoms with Gasteiger partial charge in [0, 0.05) is 13.1 Å². The summed E-state index contributed by atoms with van der Waals surface area (Å²) in [5.74, 6) is -0.248. The number of carbonyl (C=O) groups excluding carboxylic acids is 1. The van der Waals surface area contributed by atoms with Crippen LogP contribution in [0.3, 0.4) is 0 Å². The third kappa shape index (κ3) is 5.64. The lowest BCUT2D eigenvalue weighted by molar-refractivity contribution is -0.136. The van der Waals surface area contributed by atoms with Crippen LogP contribution in [-0.2, 0) is 9.90 Å². The zero-order chi connectivity index (χ0) is 10.1. The number of carbonyl (C=O) groups is 1. The average molecular weight is 186 g/mol. The maximum Gasteiger partial charge on any atom is 0.251 e. The van der Waals surface area contributed by atoms with E-state index >= 15 is 0 Å². The van der Waals surface area contributed by atoms with Crippen molar-refractivity contribution >= 4 is 5.91 Å². The summed E-state index contributed by atoms with van der Waals surface area (Å²) in [6.07, 6.45) is 4.12. The minimum atomic E-state index is -0.604. The van der Waals surface area contributed by atoms with E-state index in [1.54, 1.807) is 4.90 Å². The molecule has 0 rings (SSSR count). The van der Waals surface area contributed by atoms with Crippen LogP contribution in [-0.4, -0.2) is 30.5 Å². The lowest BCUT2D eigenvalue weighted by atomic mass is 10.2. The second-order valence-electron chi connectivity index (χ2n) is 3.23. The van der Waals surface area contributed by atoms with Crippen LogP contribution < -0.4 is 0 Å². The molecule has 3 nitrogen and oxygen atoms in total. The van der Waals surface area contributed by atoms with E-state index in [-0.39, 0.29) is 5.91 Å².